The van der Waals surface area contributed by atoms with E-state index >= 15 is 0 Å². The van der Waals surface area contributed by atoms with Gasteiger partial charge in [0.1, 0.15) is 5.76 Å². The average Bonchev–Trinajstić information content (AvgIpc) is 3.01. The molecule has 4 nitrogen and oxygen atoms in total. The van der Waals surface area contributed by atoms with Gasteiger partial charge < -0.3 is 9.32 Å². The van der Waals surface area contributed by atoms with Crippen molar-refractivity contribution in [2.45, 2.75) is 13.5 Å². The van der Waals surface area contributed by atoms with Crippen molar-refractivity contribution in [2.24, 2.45) is 0 Å². The maximum Gasteiger partial charge on any atom is 0.159 e. The van der Waals surface area contributed by atoms with Gasteiger partial charge in [-0.1, -0.05) is 0 Å². The van der Waals surface area contributed by atoms with E-state index in [1.165, 1.54) is 5.69 Å². The summed E-state index contributed by atoms with van der Waals surface area (Å²) in [5, 5.41) is 0. The number of hydrogen-bond donors (Lipinski definition) is 0. The molecule has 1 aliphatic heterocycles. The molecule has 0 atom stereocenters. The summed E-state index contributed by atoms with van der Waals surface area (Å²) in [6.07, 6.45) is 1.72. The third kappa shape index (κ3) is 3.34. The molecule has 0 bridgehead atoms. The summed E-state index contributed by atoms with van der Waals surface area (Å²) in [6, 6.07) is 11.9. The standard InChI is InChI=1S/C17H20N2O2/c1-14(20)15-4-6-16(7-5-15)19-10-8-18(9-11-19)13-17-3-2-12-21-17/h2-7,12H,8-11,13H2,1H3. The second-order valence-electron chi connectivity index (χ2n) is 5.45. The summed E-state index contributed by atoms with van der Waals surface area (Å²) in [7, 11) is 0. The minimum atomic E-state index is 0.116. The van der Waals surface area contributed by atoms with Gasteiger partial charge in [-0.15, -0.1) is 0 Å². The molecule has 1 fully saturated rings. The van der Waals surface area contributed by atoms with Crippen molar-refractivity contribution >= 4 is 11.5 Å². The van der Waals surface area contributed by atoms with E-state index in [1.54, 1.807) is 13.2 Å². The molecule has 4 heteroatoms. The molecule has 0 saturated carbocycles. The maximum absolute atomic E-state index is 11.3. The van der Waals surface area contributed by atoms with Crippen molar-refractivity contribution in [1.82, 2.24) is 4.90 Å². The first-order valence-electron chi connectivity index (χ1n) is 7.33. The van der Waals surface area contributed by atoms with Crippen LogP contribution in [-0.2, 0) is 6.54 Å². The van der Waals surface area contributed by atoms with Gasteiger partial charge in [0.25, 0.3) is 0 Å². The van der Waals surface area contributed by atoms with Gasteiger partial charge in [0.15, 0.2) is 5.78 Å². The zero-order valence-electron chi connectivity index (χ0n) is 12.3. The van der Waals surface area contributed by atoms with Gasteiger partial charge in [-0.25, -0.2) is 0 Å². The van der Waals surface area contributed by atoms with Crippen LogP contribution in [0.15, 0.2) is 47.1 Å². The number of anilines is 1. The van der Waals surface area contributed by atoms with Gasteiger partial charge in [-0.3, -0.25) is 9.69 Å². The Labute approximate surface area is 125 Å². The second kappa shape index (κ2) is 6.14. The molecule has 3 rings (SSSR count). The Balaban J connectivity index is 1.56. The number of ketones is 1. The van der Waals surface area contributed by atoms with E-state index < -0.39 is 0 Å². The lowest BCUT2D eigenvalue weighted by Gasteiger charge is -2.35. The normalized spacial score (nSPS) is 16.1. The summed E-state index contributed by atoms with van der Waals surface area (Å²) >= 11 is 0. The third-order valence-corrected chi connectivity index (χ3v) is 3.97. The summed E-state index contributed by atoms with van der Waals surface area (Å²) < 4.78 is 5.40. The summed E-state index contributed by atoms with van der Waals surface area (Å²) in [5.41, 5.74) is 1.97. The second-order valence-corrected chi connectivity index (χ2v) is 5.45. The number of nitrogens with zero attached hydrogens (tertiary/aromatic N) is 2. The Morgan fingerprint density at radius 3 is 2.38 bits per heavy atom. The predicted molar refractivity (Wildman–Crippen MR) is 82.6 cm³/mol. The van der Waals surface area contributed by atoms with E-state index in [0.29, 0.717) is 0 Å². The number of rotatable bonds is 4. The Morgan fingerprint density at radius 1 is 1.10 bits per heavy atom. The van der Waals surface area contributed by atoms with Gasteiger partial charge in [0.05, 0.1) is 12.8 Å². The molecule has 1 aliphatic rings. The number of benzene rings is 1. The monoisotopic (exact) mass is 284 g/mol. The zero-order valence-corrected chi connectivity index (χ0v) is 12.3. The Hall–Kier alpha value is -2.07. The van der Waals surface area contributed by atoms with Crippen molar-refractivity contribution in [3.63, 3.8) is 0 Å². The third-order valence-electron chi connectivity index (χ3n) is 3.97. The van der Waals surface area contributed by atoms with Crippen LogP contribution in [0.5, 0.6) is 0 Å². The molecule has 0 amide bonds. The molecule has 0 spiro atoms. The fourth-order valence-corrected chi connectivity index (χ4v) is 2.69. The van der Waals surface area contributed by atoms with Crippen LogP contribution in [0.2, 0.25) is 0 Å². The number of carbonyl (C=O) groups excluding carboxylic acids is 1. The average molecular weight is 284 g/mol. The topological polar surface area (TPSA) is 36.7 Å². The lowest BCUT2D eigenvalue weighted by atomic mass is 10.1. The predicted octanol–water partition coefficient (Wildman–Crippen LogP) is 2.80. The van der Waals surface area contributed by atoms with Crippen LogP contribution in [-0.4, -0.2) is 36.9 Å². The van der Waals surface area contributed by atoms with Crippen molar-refractivity contribution in [3.8, 4) is 0 Å². The van der Waals surface area contributed by atoms with Crippen LogP contribution in [0.1, 0.15) is 23.0 Å². The number of piperazine rings is 1. The van der Waals surface area contributed by atoms with Crippen LogP contribution in [0.3, 0.4) is 0 Å². The Kier molecular flexibility index (Phi) is 4.06. The first kappa shape index (κ1) is 13.9. The zero-order chi connectivity index (χ0) is 14.7. The molecule has 0 radical (unpaired) electrons. The number of hydrogen-bond acceptors (Lipinski definition) is 4. The Morgan fingerprint density at radius 2 is 1.81 bits per heavy atom. The number of carbonyl (C=O) groups is 1. The highest BCUT2D eigenvalue weighted by atomic mass is 16.3. The highest BCUT2D eigenvalue weighted by Gasteiger charge is 2.18. The number of furan rings is 1. The molecule has 21 heavy (non-hydrogen) atoms. The van der Waals surface area contributed by atoms with Crippen LogP contribution >= 0.6 is 0 Å². The van der Waals surface area contributed by atoms with Gasteiger partial charge in [0.2, 0.25) is 0 Å². The largest absolute Gasteiger partial charge is 0.468 e. The van der Waals surface area contributed by atoms with Crippen molar-refractivity contribution in [2.75, 3.05) is 31.1 Å². The van der Waals surface area contributed by atoms with Crippen molar-refractivity contribution in [1.29, 1.82) is 0 Å². The highest BCUT2D eigenvalue weighted by molar-refractivity contribution is 5.94. The molecule has 0 aliphatic carbocycles. The molecular formula is C17H20N2O2. The SMILES string of the molecule is CC(=O)c1ccc(N2CCN(Cc3ccco3)CC2)cc1. The summed E-state index contributed by atoms with van der Waals surface area (Å²) in [5.74, 6) is 1.14. The van der Waals surface area contributed by atoms with Gasteiger partial charge in [-0.05, 0) is 43.3 Å². The van der Waals surface area contributed by atoms with Crippen LogP contribution in [0.25, 0.3) is 0 Å². The van der Waals surface area contributed by atoms with Gasteiger partial charge in [0, 0.05) is 37.4 Å². The molecule has 1 saturated heterocycles. The minimum absolute atomic E-state index is 0.116. The van der Waals surface area contributed by atoms with E-state index in [-0.39, 0.29) is 5.78 Å². The fraction of sp³-hybridized carbons (Fsp3) is 0.353. The number of Topliss-reactive ketones (excluding diaryl/α,β-unsaturated/α-hetero) is 1. The Bertz CT molecular complexity index is 582. The summed E-state index contributed by atoms with van der Waals surface area (Å²) in [4.78, 5) is 16.1. The van der Waals surface area contributed by atoms with Gasteiger partial charge >= 0.3 is 0 Å². The van der Waals surface area contributed by atoms with Crippen molar-refractivity contribution < 1.29 is 9.21 Å². The molecule has 2 heterocycles. The lowest BCUT2D eigenvalue weighted by Crippen LogP contribution is -2.45. The minimum Gasteiger partial charge on any atom is -0.468 e. The maximum atomic E-state index is 11.3. The first-order valence-corrected chi connectivity index (χ1v) is 7.33. The van der Waals surface area contributed by atoms with E-state index in [0.717, 1.165) is 44.0 Å². The molecule has 110 valence electrons. The molecule has 1 aromatic heterocycles. The lowest BCUT2D eigenvalue weighted by molar-refractivity contribution is 0.101. The molecule has 0 N–H and O–H groups in total. The quantitative estimate of drug-likeness (QED) is 0.809. The van der Waals surface area contributed by atoms with E-state index in [9.17, 15) is 4.79 Å². The molecule has 2 aromatic rings. The molecular weight excluding hydrogens is 264 g/mol. The molecule has 1 aromatic carbocycles. The smallest absolute Gasteiger partial charge is 0.159 e. The van der Waals surface area contributed by atoms with Crippen LogP contribution in [0, 0.1) is 0 Å². The van der Waals surface area contributed by atoms with Crippen molar-refractivity contribution in [3.05, 3.63) is 54.0 Å². The fourth-order valence-electron chi connectivity index (χ4n) is 2.69. The van der Waals surface area contributed by atoms with Crippen LogP contribution in [0.4, 0.5) is 5.69 Å². The summed E-state index contributed by atoms with van der Waals surface area (Å²) in [6.45, 7) is 6.52. The highest BCUT2D eigenvalue weighted by Crippen LogP contribution is 2.18. The van der Waals surface area contributed by atoms with Gasteiger partial charge in [-0.2, -0.15) is 0 Å². The van der Waals surface area contributed by atoms with Crippen LogP contribution < -0.4 is 4.90 Å². The van der Waals surface area contributed by atoms with E-state index in [4.69, 9.17) is 4.42 Å². The van der Waals surface area contributed by atoms with E-state index in [1.807, 2.05) is 36.4 Å². The van der Waals surface area contributed by atoms with E-state index in [2.05, 4.69) is 9.80 Å². The first-order chi connectivity index (χ1) is 10.2. The molecule has 0 unspecified atom stereocenters.